The van der Waals surface area contributed by atoms with Crippen molar-refractivity contribution in [2.24, 2.45) is 0 Å². The molecule has 0 spiro atoms. The van der Waals surface area contributed by atoms with E-state index in [-0.39, 0.29) is 5.16 Å². The third kappa shape index (κ3) is 3.83. The molecule has 1 aromatic heterocycles. The minimum atomic E-state index is -3.37. The molecule has 122 valence electrons. The third-order valence-corrected chi connectivity index (χ3v) is 5.18. The molecule has 1 aromatic carbocycles. The number of hydrogen-bond donors (Lipinski definition) is 0. The van der Waals surface area contributed by atoms with Gasteiger partial charge in [0, 0.05) is 54.1 Å². The van der Waals surface area contributed by atoms with Gasteiger partial charge in [0.25, 0.3) is 0 Å². The molecule has 0 amide bonds. The fourth-order valence-corrected chi connectivity index (χ4v) is 3.55. The standard InChI is InChI=1S/C15H15Cl2N3O2S/c1-23(21,22)15-18-7-11-9-20(5-4-14(11)19-15)8-10-2-3-12(16)6-13(10)17/h2-3,6-7H,4-5,8-9H2,1H3. The molecule has 23 heavy (non-hydrogen) atoms. The molecule has 0 unspecified atom stereocenters. The lowest BCUT2D eigenvalue weighted by Crippen LogP contribution is -2.31. The number of sulfone groups is 1. The van der Waals surface area contributed by atoms with Gasteiger partial charge in [0.05, 0.1) is 5.69 Å². The maximum absolute atomic E-state index is 11.5. The fourth-order valence-electron chi connectivity index (χ4n) is 2.56. The molecule has 0 atom stereocenters. The van der Waals surface area contributed by atoms with Crippen molar-refractivity contribution in [2.75, 3.05) is 12.8 Å². The van der Waals surface area contributed by atoms with Gasteiger partial charge in [0.15, 0.2) is 0 Å². The van der Waals surface area contributed by atoms with Crippen molar-refractivity contribution < 1.29 is 8.42 Å². The van der Waals surface area contributed by atoms with E-state index in [1.807, 2.05) is 12.1 Å². The summed E-state index contributed by atoms with van der Waals surface area (Å²) in [6.45, 7) is 2.15. The van der Waals surface area contributed by atoms with Gasteiger partial charge in [-0.15, -0.1) is 0 Å². The van der Waals surface area contributed by atoms with Gasteiger partial charge in [0.2, 0.25) is 15.0 Å². The topological polar surface area (TPSA) is 63.2 Å². The fraction of sp³-hybridized carbons (Fsp3) is 0.333. The second kappa shape index (κ2) is 6.36. The Bertz CT molecular complexity index is 856. The van der Waals surface area contributed by atoms with Gasteiger partial charge in [-0.3, -0.25) is 4.90 Å². The molecular formula is C15H15Cl2N3O2S. The molecule has 5 nitrogen and oxygen atoms in total. The van der Waals surface area contributed by atoms with Crippen LogP contribution in [-0.2, 0) is 29.3 Å². The van der Waals surface area contributed by atoms with E-state index in [1.165, 1.54) is 0 Å². The maximum Gasteiger partial charge on any atom is 0.246 e. The molecule has 0 fully saturated rings. The number of halogens is 2. The second-order valence-corrected chi connectivity index (χ2v) is 8.35. The maximum atomic E-state index is 11.5. The largest absolute Gasteiger partial charge is 0.294 e. The minimum absolute atomic E-state index is 0.106. The van der Waals surface area contributed by atoms with Crippen molar-refractivity contribution in [3.05, 3.63) is 51.3 Å². The molecule has 1 aliphatic heterocycles. The van der Waals surface area contributed by atoms with E-state index in [0.29, 0.717) is 29.6 Å². The summed E-state index contributed by atoms with van der Waals surface area (Å²) in [7, 11) is -3.37. The van der Waals surface area contributed by atoms with Gasteiger partial charge in [0.1, 0.15) is 0 Å². The van der Waals surface area contributed by atoms with E-state index in [1.54, 1.807) is 12.3 Å². The summed E-state index contributed by atoms with van der Waals surface area (Å²) in [5.41, 5.74) is 2.76. The number of nitrogens with zero attached hydrogens (tertiary/aromatic N) is 3. The van der Waals surface area contributed by atoms with E-state index in [0.717, 1.165) is 29.6 Å². The van der Waals surface area contributed by atoms with Crippen LogP contribution in [-0.4, -0.2) is 36.1 Å². The highest BCUT2D eigenvalue weighted by Crippen LogP contribution is 2.25. The van der Waals surface area contributed by atoms with Crippen LogP contribution in [0.2, 0.25) is 10.0 Å². The molecule has 0 bridgehead atoms. The molecule has 8 heteroatoms. The first-order chi connectivity index (χ1) is 10.8. The van der Waals surface area contributed by atoms with Crippen molar-refractivity contribution >= 4 is 33.0 Å². The lowest BCUT2D eigenvalue weighted by atomic mass is 10.1. The summed E-state index contributed by atoms with van der Waals surface area (Å²) in [6, 6.07) is 5.48. The van der Waals surface area contributed by atoms with Crippen LogP contribution in [0.25, 0.3) is 0 Å². The normalized spacial score (nSPS) is 15.4. The highest BCUT2D eigenvalue weighted by molar-refractivity contribution is 7.90. The average Bonchev–Trinajstić information content (AvgIpc) is 2.48. The van der Waals surface area contributed by atoms with Crippen LogP contribution >= 0.6 is 23.2 Å². The Kier molecular flexibility index (Phi) is 4.60. The average molecular weight is 372 g/mol. The van der Waals surface area contributed by atoms with Crippen molar-refractivity contribution in [3.63, 3.8) is 0 Å². The van der Waals surface area contributed by atoms with E-state index in [9.17, 15) is 8.42 Å². The Hall–Kier alpha value is -1.21. The van der Waals surface area contributed by atoms with Crippen molar-refractivity contribution in [1.82, 2.24) is 14.9 Å². The van der Waals surface area contributed by atoms with Gasteiger partial charge in [-0.2, -0.15) is 0 Å². The number of rotatable bonds is 3. The minimum Gasteiger partial charge on any atom is -0.294 e. The molecule has 2 aromatic rings. The van der Waals surface area contributed by atoms with Crippen molar-refractivity contribution in [1.29, 1.82) is 0 Å². The van der Waals surface area contributed by atoms with E-state index < -0.39 is 9.84 Å². The molecule has 2 heterocycles. The molecular weight excluding hydrogens is 357 g/mol. The molecule has 0 saturated heterocycles. The number of fused-ring (bicyclic) bond motifs is 1. The van der Waals surface area contributed by atoms with Gasteiger partial charge >= 0.3 is 0 Å². The number of aromatic nitrogens is 2. The highest BCUT2D eigenvalue weighted by atomic mass is 35.5. The SMILES string of the molecule is CS(=O)(=O)c1ncc2c(n1)CCN(Cc1ccc(Cl)cc1Cl)C2. The predicted molar refractivity (Wildman–Crippen MR) is 89.4 cm³/mol. The summed E-state index contributed by atoms with van der Waals surface area (Å²) < 4.78 is 23.1. The first-order valence-electron chi connectivity index (χ1n) is 7.04. The van der Waals surface area contributed by atoms with Crippen LogP contribution in [0.5, 0.6) is 0 Å². The smallest absolute Gasteiger partial charge is 0.246 e. The second-order valence-electron chi connectivity index (χ2n) is 5.59. The Morgan fingerprint density at radius 3 is 2.78 bits per heavy atom. The van der Waals surface area contributed by atoms with Crippen molar-refractivity contribution in [3.8, 4) is 0 Å². The van der Waals surface area contributed by atoms with Gasteiger partial charge in [-0.05, 0) is 17.7 Å². The Morgan fingerprint density at radius 1 is 1.30 bits per heavy atom. The van der Waals surface area contributed by atoms with Crippen LogP contribution in [0.1, 0.15) is 16.8 Å². The summed E-state index contributed by atoms with van der Waals surface area (Å²) in [5.74, 6) is 0. The lowest BCUT2D eigenvalue weighted by Gasteiger charge is -2.28. The Morgan fingerprint density at radius 2 is 2.09 bits per heavy atom. The highest BCUT2D eigenvalue weighted by Gasteiger charge is 2.21. The van der Waals surface area contributed by atoms with Crippen molar-refractivity contribution in [2.45, 2.75) is 24.7 Å². The number of benzene rings is 1. The Labute approximate surface area is 145 Å². The first kappa shape index (κ1) is 16.6. The molecule has 1 aliphatic rings. The van der Waals surface area contributed by atoms with Crippen LogP contribution < -0.4 is 0 Å². The summed E-state index contributed by atoms with van der Waals surface area (Å²) in [6.07, 6.45) is 3.41. The first-order valence-corrected chi connectivity index (χ1v) is 9.69. The Balaban J connectivity index is 1.78. The molecule has 0 N–H and O–H groups in total. The predicted octanol–water partition coefficient (Wildman–Crippen LogP) is 2.75. The molecule has 0 saturated carbocycles. The van der Waals surface area contributed by atoms with Gasteiger partial charge in [-0.1, -0.05) is 29.3 Å². The zero-order valence-electron chi connectivity index (χ0n) is 12.5. The van der Waals surface area contributed by atoms with E-state index in [2.05, 4.69) is 14.9 Å². The lowest BCUT2D eigenvalue weighted by molar-refractivity contribution is 0.242. The quantitative estimate of drug-likeness (QED) is 0.776. The number of hydrogen-bond acceptors (Lipinski definition) is 5. The summed E-state index contributed by atoms with van der Waals surface area (Å²) in [4.78, 5) is 10.4. The van der Waals surface area contributed by atoms with Gasteiger partial charge < -0.3 is 0 Å². The summed E-state index contributed by atoms with van der Waals surface area (Å²) >= 11 is 12.1. The van der Waals surface area contributed by atoms with Crippen LogP contribution in [0, 0.1) is 0 Å². The molecule has 0 radical (unpaired) electrons. The van der Waals surface area contributed by atoms with Gasteiger partial charge in [-0.25, -0.2) is 18.4 Å². The van der Waals surface area contributed by atoms with Crippen LogP contribution in [0.3, 0.4) is 0 Å². The molecule has 3 rings (SSSR count). The van der Waals surface area contributed by atoms with Crippen LogP contribution in [0.4, 0.5) is 0 Å². The zero-order valence-corrected chi connectivity index (χ0v) is 14.8. The zero-order chi connectivity index (χ0) is 16.6. The molecule has 0 aliphatic carbocycles. The van der Waals surface area contributed by atoms with E-state index in [4.69, 9.17) is 23.2 Å². The van der Waals surface area contributed by atoms with Crippen LogP contribution in [0.15, 0.2) is 29.6 Å². The monoisotopic (exact) mass is 371 g/mol. The summed E-state index contributed by atoms with van der Waals surface area (Å²) in [5, 5.41) is 1.15. The third-order valence-electron chi connectivity index (χ3n) is 3.73. The van der Waals surface area contributed by atoms with E-state index >= 15 is 0 Å².